The number of hydrogen-bond donors (Lipinski definition) is 3. The maximum absolute atomic E-state index is 8.78. The van der Waals surface area contributed by atoms with Gasteiger partial charge in [-0.2, -0.15) is 5.10 Å². The van der Waals surface area contributed by atoms with Crippen LogP contribution in [0.3, 0.4) is 0 Å². The predicted octanol–water partition coefficient (Wildman–Crippen LogP) is 3.97. The Hall–Kier alpha value is -4.00. The number of nitrogens with two attached hydrogens (primary N) is 1. The molecule has 3 aromatic heterocycles. The minimum Gasteiger partial charge on any atom is -0.465 e. The van der Waals surface area contributed by atoms with E-state index in [2.05, 4.69) is 44.1 Å². The SMILES string of the molecule is NC(=O)O.c1ccc2[nH]ccc2c1.c1cnnc2c(c1)ccc1nccc12. The van der Waals surface area contributed by atoms with Gasteiger partial charge in [-0.3, -0.25) is 4.98 Å². The quantitative estimate of drug-likeness (QED) is 0.387. The van der Waals surface area contributed by atoms with Crippen molar-refractivity contribution in [3.8, 4) is 0 Å². The predicted molar refractivity (Wildman–Crippen MR) is 105 cm³/mol. The van der Waals surface area contributed by atoms with Crippen LogP contribution in [0.5, 0.6) is 0 Å². The fourth-order valence-electron chi connectivity index (χ4n) is 2.60. The summed E-state index contributed by atoms with van der Waals surface area (Å²) in [4.78, 5) is 16.1. The average molecular weight is 359 g/mol. The van der Waals surface area contributed by atoms with E-state index in [0.29, 0.717) is 0 Å². The van der Waals surface area contributed by atoms with E-state index in [1.54, 1.807) is 12.4 Å². The molecule has 5 aromatic rings. The molecule has 4 N–H and O–H groups in total. The molecule has 0 spiro atoms. The number of nitrogens with one attached hydrogen (secondary N) is 1. The van der Waals surface area contributed by atoms with Crippen molar-refractivity contribution in [2.75, 3.05) is 0 Å². The summed E-state index contributed by atoms with van der Waals surface area (Å²) in [6, 6.07) is 20.1. The first-order valence-electron chi connectivity index (χ1n) is 8.11. The number of primary amides is 1. The standard InChI is InChI=1S/C11H7N3.C8H7N.CH3NO2/c1-2-8-3-4-10-9(5-7-12-10)11(8)14-13-6-1;1-2-4-8-7(3-1)5-6-9-8;2-1(3)4/h1-7H;1-6,9H;2H2,(H,3,4). The summed E-state index contributed by atoms with van der Waals surface area (Å²) in [6.07, 6.45) is 4.09. The van der Waals surface area contributed by atoms with Gasteiger partial charge in [0, 0.05) is 34.9 Å². The zero-order valence-corrected chi connectivity index (χ0v) is 14.3. The molecule has 7 heteroatoms. The van der Waals surface area contributed by atoms with Gasteiger partial charge in [0.05, 0.1) is 5.52 Å². The number of aromatic amines is 1. The maximum atomic E-state index is 8.78. The van der Waals surface area contributed by atoms with Crippen molar-refractivity contribution < 1.29 is 9.90 Å². The van der Waals surface area contributed by atoms with Crippen LogP contribution in [0, 0.1) is 0 Å². The van der Waals surface area contributed by atoms with E-state index in [9.17, 15) is 0 Å². The molecule has 0 aliphatic rings. The molecule has 2 aromatic carbocycles. The van der Waals surface area contributed by atoms with Crippen LogP contribution in [-0.2, 0) is 0 Å². The number of hydrogen-bond acceptors (Lipinski definition) is 4. The summed E-state index contributed by atoms with van der Waals surface area (Å²) in [6.45, 7) is 0. The highest BCUT2D eigenvalue weighted by Crippen LogP contribution is 2.20. The molecule has 0 fully saturated rings. The Kier molecular flexibility index (Phi) is 5.54. The lowest BCUT2D eigenvalue weighted by Gasteiger charge is -1.91. The first-order chi connectivity index (χ1) is 13.1. The molecule has 0 atom stereocenters. The molecule has 134 valence electrons. The van der Waals surface area contributed by atoms with E-state index in [4.69, 9.17) is 9.90 Å². The van der Waals surface area contributed by atoms with Gasteiger partial charge < -0.3 is 15.8 Å². The van der Waals surface area contributed by atoms with E-state index in [0.717, 1.165) is 21.8 Å². The highest BCUT2D eigenvalue weighted by atomic mass is 16.4. The minimum atomic E-state index is -1.33. The lowest BCUT2D eigenvalue weighted by molar-refractivity contribution is 0.205. The number of benzene rings is 2. The summed E-state index contributed by atoms with van der Waals surface area (Å²) in [5, 5.41) is 18.7. The molecule has 0 saturated carbocycles. The average Bonchev–Trinajstić information content (AvgIpc) is 3.26. The van der Waals surface area contributed by atoms with Gasteiger partial charge in [-0.25, -0.2) is 4.79 Å². The number of fused-ring (bicyclic) bond motifs is 4. The summed E-state index contributed by atoms with van der Waals surface area (Å²) in [7, 11) is 0. The summed E-state index contributed by atoms with van der Waals surface area (Å²) < 4.78 is 0. The van der Waals surface area contributed by atoms with Crippen molar-refractivity contribution in [3.05, 3.63) is 79.3 Å². The summed E-state index contributed by atoms with van der Waals surface area (Å²) >= 11 is 0. The van der Waals surface area contributed by atoms with Gasteiger partial charge >= 0.3 is 6.09 Å². The van der Waals surface area contributed by atoms with Gasteiger partial charge in [-0.05, 0) is 35.7 Å². The van der Waals surface area contributed by atoms with Crippen LogP contribution in [-0.4, -0.2) is 31.4 Å². The molecule has 0 unspecified atom stereocenters. The van der Waals surface area contributed by atoms with Gasteiger partial charge in [-0.15, -0.1) is 5.10 Å². The van der Waals surface area contributed by atoms with Crippen molar-refractivity contribution >= 4 is 38.8 Å². The second kappa shape index (κ2) is 8.39. The zero-order valence-electron chi connectivity index (χ0n) is 14.3. The molecule has 0 bridgehead atoms. The van der Waals surface area contributed by atoms with Gasteiger partial charge in [-0.1, -0.05) is 30.3 Å². The molecule has 3 heterocycles. The van der Waals surface area contributed by atoms with Crippen LogP contribution in [0.2, 0.25) is 0 Å². The summed E-state index contributed by atoms with van der Waals surface area (Å²) in [5.74, 6) is 0. The Morgan fingerprint density at radius 2 is 1.70 bits per heavy atom. The van der Waals surface area contributed by atoms with Gasteiger partial charge in [0.15, 0.2) is 0 Å². The number of nitrogens with zero attached hydrogens (tertiary/aromatic N) is 3. The van der Waals surface area contributed by atoms with Crippen LogP contribution < -0.4 is 5.73 Å². The second-order valence-corrected chi connectivity index (χ2v) is 5.51. The Bertz CT molecular complexity index is 1150. The van der Waals surface area contributed by atoms with Crippen molar-refractivity contribution in [3.63, 3.8) is 0 Å². The summed E-state index contributed by atoms with van der Waals surface area (Å²) in [5.41, 5.74) is 7.11. The van der Waals surface area contributed by atoms with E-state index < -0.39 is 6.09 Å². The van der Waals surface area contributed by atoms with Crippen LogP contribution in [0.1, 0.15) is 0 Å². The lowest BCUT2D eigenvalue weighted by Crippen LogP contribution is -2.03. The lowest BCUT2D eigenvalue weighted by atomic mass is 10.2. The van der Waals surface area contributed by atoms with Crippen LogP contribution in [0.25, 0.3) is 32.7 Å². The molecule has 0 aliphatic carbocycles. The van der Waals surface area contributed by atoms with Crippen molar-refractivity contribution in [1.82, 2.24) is 20.2 Å². The molecule has 0 aliphatic heterocycles. The maximum Gasteiger partial charge on any atom is 0.402 e. The number of para-hydroxylation sites is 1. The molecule has 5 rings (SSSR count). The highest BCUT2D eigenvalue weighted by Gasteiger charge is 2.01. The monoisotopic (exact) mass is 359 g/mol. The third kappa shape index (κ3) is 4.55. The minimum absolute atomic E-state index is 0.907. The number of rotatable bonds is 0. The van der Waals surface area contributed by atoms with Gasteiger partial charge in [0.1, 0.15) is 5.52 Å². The topological polar surface area (TPSA) is 118 Å². The van der Waals surface area contributed by atoms with Crippen LogP contribution in [0.4, 0.5) is 4.79 Å². The molecular weight excluding hydrogens is 342 g/mol. The van der Waals surface area contributed by atoms with Crippen LogP contribution >= 0.6 is 0 Å². The molecule has 7 nitrogen and oxygen atoms in total. The number of amides is 1. The normalized spacial score (nSPS) is 9.93. The Morgan fingerprint density at radius 3 is 2.52 bits per heavy atom. The zero-order chi connectivity index (χ0) is 19.1. The molecule has 1 amide bonds. The molecule has 0 radical (unpaired) electrons. The largest absolute Gasteiger partial charge is 0.465 e. The van der Waals surface area contributed by atoms with Gasteiger partial charge in [0.25, 0.3) is 0 Å². The molecular formula is C20H17N5O2. The Balaban J connectivity index is 0.000000139. The Morgan fingerprint density at radius 1 is 0.926 bits per heavy atom. The van der Waals surface area contributed by atoms with Crippen LogP contribution in [0.15, 0.2) is 79.3 Å². The third-order valence-electron chi connectivity index (χ3n) is 3.73. The van der Waals surface area contributed by atoms with E-state index in [1.807, 2.05) is 48.7 Å². The first-order valence-corrected chi connectivity index (χ1v) is 8.11. The number of aromatic nitrogens is 4. The first kappa shape index (κ1) is 17.8. The van der Waals surface area contributed by atoms with Gasteiger partial charge in [0.2, 0.25) is 0 Å². The fraction of sp³-hybridized carbons (Fsp3) is 0. The molecule has 27 heavy (non-hydrogen) atoms. The van der Waals surface area contributed by atoms with E-state index in [-0.39, 0.29) is 0 Å². The van der Waals surface area contributed by atoms with Crippen molar-refractivity contribution in [2.45, 2.75) is 0 Å². The van der Waals surface area contributed by atoms with Crippen molar-refractivity contribution in [2.24, 2.45) is 5.73 Å². The Labute approximate surface area is 154 Å². The highest BCUT2D eigenvalue weighted by molar-refractivity contribution is 6.03. The fourth-order valence-corrected chi connectivity index (χ4v) is 2.60. The van der Waals surface area contributed by atoms with E-state index >= 15 is 0 Å². The number of carbonyl (C=O) groups is 1. The van der Waals surface area contributed by atoms with E-state index in [1.165, 1.54) is 10.9 Å². The smallest absolute Gasteiger partial charge is 0.402 e. The third-order valence-corrected chi connectivity index (χ3v) is 3.73. The molecule has 0 saturated heterocycles. The second-order valence-electron chi connectivity index (χ2n) is 5.51. The number of H-pyrrole nitrogens is 1. The van der Waals surface area contributed by atoms with Crippen molar-refractivity contribution in [1.29, 1.82) is 0 Å². The number of carboxylic acid groups (broad SMARTS) is 1.